The van der Waals surface area contributed by atoms with Crippen molar-refractivity contribution in [3.8, 4) is 11.5 Å². The van der Waals surface area contributed by atoms with Crippen molar-refractivity contribution < 1.29 is 19.0 Å². The number of halogens is 1. The maximum absolute atomic E-state index is 13.6. The molecule has 1 aromatic rings. The molecule has 0 N–H and O–H groups in total. The minimum Gasteiger partial charge on any atom is -0.497 e. The normalized spacial score (nSPS) is 22.3. The van der Waals surface area contributed by atoms with Gasteiger partial charge >= 0.3 is 0 Å². The van der Waals surface area contributed by atoms with Gasteiger partial charge in [-0.3, -0.25) is 4.79 Å². The van der Waals surface area contributed by atoms with Gasteiger partial charge in [-0.1, -0.05) is 51.6 Å². The Hall–Kier alpha value is -2.28. The molecule has 0 aromatic heterocycles. The van der Waals surface area contributed by atoms with Crippen molar-refractivity contribution in [3.05, 3.63) is 59.8 Å². The van der Waals surface area contributed by atoms with Crippen LogP contribution in [-0.4, -0.2) is 67.3 Å². The monoisotopic (exact) mass is 516 g/mol. The minimum atomic E-state index is -0.967. The number of carbonyl (C=O) groups excluding carboxylic acids is 1. The smallest absolute Gasteiger partial charge is 0.264 e. The van der Waals surface area contributed by atoms with Crippen molar-refractivity contribution in [2.75, 3.05) is 33.9 Å². The van der Waals surface area contributed by atoms with E-state index in [1.54, 1.807) is 32.4 Å². The van der Waals surface area contributed by atoms with Crippen LogP contribution in [-0.2, 0) is 9.53 Å². The lowest BCUT2D eigenvalue weighted by Crippen LogP contribution is -2.50. The Morgan fingerprint density at radius 1 is 1.19 bits per heavy atom. The van der Waals surface area contributed by atoms with Crippen LogP contribution in [0.1, 0.15) is 46.5 Å². The van der Waals surface area contributed by atoms with Crippen LogP contribution in [0.5, 0.6) is 11.5 Å². The molecule has 198 valence electrons. The molecule has 0 spiro atoms. The fourth-order valence-corrected chi connectivity index (χ4v) is 5.54. The lowest BCUT2D eigenvalue weighted by molar-refractivity contribution is -0.147. The Morgan fingerprint density at radius 2 is 1.89 bits per heavy atom. The zero-order valence-electron chi connectivity index (χ0n) is 22.4. The SMILES string of the molecule is C=CC1=C(C=C)C(CC)(OC)C(=O)N1C1CCN(CCC(Oc2cc(OC)ccc2Cl)C(C)C)CC1. The summed E-state index contributed by atoms with van der Waals surface area (Å²) in [5.41, 5.74) is 0.690. The van der Waals surface area contributed by atoms with Crippen molar-refractivity contribution in [3.63, 3.8) is 0 Å². The van der Waals surface area contributed by atoms with E-state index >= 15 is 0 Å². The Kier molecular flexibility index (Phi) is 9.67. The van der Waals surface area contributed by atoms with E-state index in [4.69, 9.17) is 25.8 Å². The maximum Gasteiger partial charge on any atom is 0.264 e. The third kappa shape index (κ3) is 5.51. The summed E-state index contributed by atoms with van der Waals surface area (Å²) in [7, 11) is 3.24. The molecule has 2 atom stereocenters. The lowest BCUT2D eigenvalue weighted by Gasteiger charge is -2.39. The van der Waals surface area contributed by atoms with E-state index in [1.807, 2.05) is 24.0 Å². The summed E-state index contributed by atoms with van der Waals surface area (Å²) >= 11 is 6.38. The number of hydrogen-bond donors (Lipinski definition) is 0. The van der Waals surface area contributed by atoms with E-state index in [1.165, 1.54) is 0 Å². The van der Waals surface area contributed by atoms with Crippen molar-refractivity contribution in [2.24, 2.45) is 5.92 Å². The molecule has 2 unspecified atom stereocenters. The van der Waals surface area contributed by atoms with Crippen molar-refractivity contribution in [1.29, 1.82) is 0 Å². The number of rotatable bonds is 12. The molecule has 1 aromatic carbocycles. The highest BCUT2D eigenvalue weighted by molar-refractivity contribution is 6.32. The number of nitrogens with zero attached hydrogens (tertiary/aromatic N) is 2. The average molecular weight is 517 g/mol. The second kappa shape index (κ2) is 12.3. The Labute approximate surface area is 221 Å². The Balaban J connectivity index is 1.63. The zero-order valence-corrected chi connectivity index (χ0v) is 23.1. The number of benzene rings is 1. The number of amides is 1. The highest BCUT2D eigenvalue weighted by Gasteiger charge is 2.52. The molecule has 7 heteroatoms. The van der Waals surface area contributed by atoms with Crippen LogP contribution in [0.2, 0.25) is 5.02 Å². The molecular weight excluding hydrogens is 476 g/mol. The number of hydrogen-bond acceptors (Lipinski definition) is 5. The van der Waals surface area contributed by atoms with Crippen LogP contribution < -0.4 is 9.47 Å². The summed E-state index contributed by atoms with van der Waals surface area (Å²) in [6.07, 6.45) is 6.79. The first-order chi connectivity index (χ1) is 17.3. The van der Waals surface area contributed by atoms with Gasteiger partial charge in [-0.25, -0.2) is 0 Å². The zero-order chi connectivity index (χ0) is 26.5. The summed E-state index contributed by atoms with van der Waals surface area (Å²) in [6, 6.07) is 5.59. The Morgan fingerprint density at radius 3 is 2.42 bits per heavy atom. The quantitative estimate of drug-likeness (QED) is 0.348. The van der Waals surface area contributed by atoms with Crippen molar-refractivity contribution in [2.45, 2.75) is 64.2 Å². The molecule has 0 radical (unpaired) electrons. The van der Waals surface area contributed by atoms with Crippen molar-refractivity contribution >= 4 is 17.5 Å². The molecule has 2 aliphatic rings. The molecule has 0 saturated carbocycles. The van der Waals surface area contributed by atoms with Crippen LogP contribution in [0.25, 0.3) is 0 Å². The fourth-order valence-electron chi connectivity index (χ4n) is 5.38. The standard InChI is InChI=1S/C29H41ClN2O4/c1-8-23-25(9-2)32(28(33)29(23,10-3)35-7)21-13-16-31(17-14-21)18-15-26(20(4)5)36-27-19-22(34-6)11-12-24(27)30/h8-9,11-12,19-21,26H,1-2,10,13-18H2,3-7H3. The summed E-state index contributed by atoms with van der Waals surface area (Å²) in [4.78, 5) is 17.9. The van der Waals surface area contributed by atoms with Crippen LogP contribution in [0.4, 0.5) is 0 Å². The third-order valence-corrected chi connectivity index (χ3v) is 7.90. The molecule has 2 heterocycles. The largest absolute Gasteiger partial charge is 0.497 e. The minimum absolute atomic E-state index is 0.000750. The topological polar surface area (TPSA) is 51.2 Å². The second-order valence-corrected chi connectivity index (χ2v) is 10.2. The van der Waals surface area contributed by atoms with Crippen LogP contribution in [0.15, 0.2) is 54.8 Å². The molecule has 1 saturated heterocycles. The van der Waals surface area contributed by atoms with Gasteiger partial charge in [-0.15, -0.1) is 0 Å². The summed E-state index contributed by atoms with van der Waals surface area (Å²) in [6.45, 7) is 17.0. The predicted molar refractivity (Wildman–Crippen MR) is 146 cm³/mol. The molecule has 6 nitrogen and oxygen atoms in total. The van der Waals surface area contributed by atoms with Gasteiger partial charge in [0, 0.05) is 44.4 Å². The highest BCUT2D eigenvalue weighted by atomic mass is 35.5. The third-order valence-electron chi connectivity index (χ3n) is 7.59. The average Bonchev–Trinajstić information content (AvgIpc) is 3.14. The first-order valence-corrected chi connectivity index (χ1v) is 13.2. The van der Waals surface area contributed by atoms with Crippen LogP contribution in [0.3, 0.4) is 0 Å². The number of likely N-dealkylation sites (tertiary alicyclic amines) is 1. The summed E-state index contributed by atoms with van der Waals surface area (Å²) < 4.78 is 17.4. The molecule has 1 fully saturated rings. The molecular formula is C29H41ClN2O4. The second-order valence-electron chi connectivity index (χ2n) is 9.83. The van der Waals surface area contributed by atoms with E-state index in [0.717, 1.165) is 55.9 Å². The number of methoxy groups -OCH3 is 2. The molecule has 0 bridgehead atoms. The number of piperidine rings is 1. The van der Waals surface area contributed by atoms with Gasteiger partial charge in [0.1, 0.15) is 17.6 Å². The molecule has 3 rings (SSSR count). The first-order valence-electron chi connectivity index (χ1n) is 12.9. The molecule has 36 heavy (non-hydrogen) atoms. The number of carbonyl (C=O) groups is 1. The number of allylic oxidation sites excluding steroid dienone is 1. The van der Waals surface area contributed by atoms with Gasteiger partial charge in [0.15, 0.2) is 5.60 Å². The van der Waals surface area contributed by atoms with Gasteiger partial charge in [0.2, 0.25) is 0 Å². The van der Waals surface area contributed by atoms with Gasteiger partial charge in [-0.2, -0.15) is 0 Å². The van der Waals surface area contributed by atoms with E-state index in [0.29, 0.717) is 23.1 Å². The Bertz CT molecular complexity index is 977. The molecule has 1 amide bonds. The molecule has 0 aliphatic carbocycles. The summed E-state index contributed by atoms with van der Waals surface area (Å²) in [5.74, 6) is 1.71. The van der Waals surface area contributed by atoms with Gasteiger partial charge in [0.05, 0.1) is 17.8 Å². The van der Waals surface area contributed by atoms with Crippen LogP contribution in [0, 0.1) is 5.92 Å². The van der Waals surface area contributed by atoms with E-state index in [-0.39, 0.29) is 18.1 Å². The van der Waals surface area contributed by atoms with E-state index < -0.39 is 5.60 Å². The first kappa shape index (κ1) is 28.3. The van der Waals surface area contributed by atoms with Gasteiger partial charge in [-0.05, 0) is 49.8 Å². The lowest BCUT2D eigenvalue weighted by atomic mass is 9.91. The number of ether oxygens (including phenoxy) is 3. The molecule has 2 aliphatic heterocycles. The van der Waals surface area contributed by atoms with Gasteiger partial charge < -0.3 is 24.0 Å². The maximum atomic E-state index is 13.6. The van der Waals surface area contributed by atoms with E-state index in [9.17, 15) is 4.79 Å². The fraction of sp³-hybridized carbons (Fsp3) is 0.552. The predicted octanol–water partition coefficient (Wildman–Crippen LogP) is 5.87. The van der Waals surface area contributed by atoms with Gasteiger partial charge in [0.25, 0.3) is 5.91 Å². The highest BCUT2D eigenvalue weighted by Crippen LogP contribution is 2.42. The summed E-state index contributed by atoms with van der Waals surface area (Å²) in [5, 5.41) is 0.585. The van der Waals surface area contributed by atoms with Crippen LogP contribution >= 0.6 is 11.6 Å². The van der Waals surface area contributed by atoms with E-state index in [2.05, 4.69) is 31.9 Å². The van der Waals surface area contributed by atoms with Crippen molar-refractivity contribution in [1.82, 2.24) is 9.80 Å².